The number of benzene rings is 2. The van der Waals surface area contributed by atoms with Crippen LogP contribution in [0.2, 0.25) is 5.02 Å². The number of nitrogens with one attached hydrogen (secondary N) is 1. The van der Waals surface area contributed by atoms with Gasteiger partial charge in [0, 0.05) is 23.2 Å². The van der Waals surface area contributed by atoms with Crippen LogP contribution in [0.4, 0.5) is 0 Å². The number of thioether (sulfide) groups is 1. The number of hydrogen-bond donors (Lipinski definition) is 1. The summed E-state index contributed by atoms with van der Waals surface area (Å²) in [5, 5.41) is 13.1. The first-order valence-corrected chi connectivity index (χ1v) is 10.2. The number of amides is 1. The third-order valence-electron chi connectivity index (χ3n) is 4.33. The second-order valence-corrected chi connectivity index (χ2v) is 7.86. The highest BCUT2D eigenvalue weighted by Gasteiger charge is 2.31. The van der Waals surface area contributed by atoms with Crippen LogP contribution in [-0.4, -0.2) is 26.4 Å². The number of nitrogens with zero attached hydrogens (tertiary/aromatic N) is 3. The molecule has 0 radical (unpaired) electrons. The summed E-state index contributed by atoms with van der Waals surface area (Å²) in [7, 11) is 0. The molecule has 5 nitrogen and oxygen atoms in total. The summed E-state index contributed by atoms with van der Waals surface area (Å²) in [5.74, 6) is 1.71. The lowest BCUT2D eigenvalue weighted by Crippen LogP contribution is -2.24. The second-order valence-electron chi connectivity index (χ2n) is 6.48. The first-order valence-electron chi connectivity index (χ1n) is 8.85. The summed E-state index contributed by atoms with van der Waals surface area (Å²) in [6.45, 7) is 0.457. The van der Waals surface area contributed by atoms with Gasteiger partial charge in [-0.15, -0.1) is 10.2 Å². The third kappa shape index (κ3) is 4.51. The van der Waals surface area contributed by atoms with Crippen molar-refractivity contribution in [1.82, 2.24) is 20.1 Å². The summed E-state index contributed by atoms with van der Waals surface area (Å²) in [6, 6.07) is 17.5. The molecule has 4 rings (SSSR count). The lowest BCUT2D eigenvalue weighted by atomic mass is 10.2. The van der Waals surface area contributed by atoms with Crippen LogP contribution in [0.15, 0.2) is 59.8 Å². The monoisotopic (exact) mass is 398 g/mol. The molecule has 0 spiro atoms. The van der Waals surface area contributed by atoms with Crippen molar-refractivity contribution >= 4 is 29.3 Å². The number of carbonyl (C=O) groups is 1. The Kier molecular flexibility index (Phi) is 5.45. The minimum atomic E-state index is -0.0458. The SMILES string of the molecule is O=C(CSc1nnc(C2CC2)n1-c1ccccc1)NCc1cccc(Cl)c1. The van der Waals surface area contributed by atoms with Gasteiger partial charge in [-0.05, 0) is 42.7 Å². The van der Waals surface area contributed by atoms with Gasteiger partial charge < -0.3 is 5.32 Å². The van der Waals surface area contributed by atoms with Gasteiger partial charge in [-0.2, -0.15) is 0 Å². The molecule has 1 saturated carbocycles. The highest BCUT2D eigenvalue weighted by atomic mass is 35.5. The maximum absolute atomic E-state index is 12.3. The van der Waals surface area contributed by atoms with Crippen molar-refractivity contribution in [3.8, 4) is 5.69 Å². The average Bonchev–Trinajstić information content (AvgIpc) is 3.45. The van der Waals surface area contributed by atoms with E-state index in [9.17, 15) is 4.79 Å². The summed E-state index contributed by atoms with van der Waals surface area (Å²) < 4.78 is 2.08. The van der Waals surface area contributed by atoms with Gasteiger partial charge in [-0.1, -0.05) is 53.7 Å². The van der Waals surface area contributed by atoms with E-state index in [0.29, 0.717) is 17.5 Å². The van der Waals surface area contributed by atoms with Gasteiger partial charge in [0.1, 0.15) is 5.82 Å². The van der Waals surface area contributed by atoms with Gasteiger partial charge >= 0.3 is 0 Å². The zero-order chi connectivity index (χ0) is 18.6. The molecule has 0 unspecified atom stereocenters. The molecule has 0 atom stereocenters. The van der Waals surface area contributed by atoms with Gasteiger partial charge in [0.2, 0.25) is 5.91 Å². The van der Waals surface area contributed by atoms with Crippen molar-refractivity contribution in [1.29, 1.82) is 0 Å². The van der Waals surface area contributed by atoms with E-state index in [2.05, 4.69) is 20.1 Å². The largest absolute Gasteiger partial charge is 0.351 e. The Balaban J connectivity index is 1.41. The summed E-state index contributed by atoms with van der Waals surface area (Å²) >= 11 is 7.38. The van der Waals surface area contributed by atoms with Crippen molar-refractivity contribution in [2.24, 2.45) is 0 Å². The fraction of sp³-hybridized carbons (Fsp3) is 0.250. The highest BCUT2D eigenvalue weighted by molar-refractivity contribution is 7.99. The quantitative estimate of drug-likeness (QED) is 0.606. The van der Waals surface area contributed by atoms with Crippen LogP contribution in [0.1, 0.15) is 30.1 Å². The van der Waals surface area contributed by atoms with Crippen molar-refractivity contribution in [2.75, 3.05) is 5.75 Å². The Morgan fingerprint density at radius 3 is 2.70 bits per heavy atom. The average molecular weight is 399 g/mol. The molecular formula is C20H19ClN4OS. The molecule has 0 aliphatic heterocycles. The molecule has 138 valence electrons. The predicted octanol–water partition coefficient (Wildman–Crippen LogP) is 4.21. The molecule has 0 bridgehead atoms. The van der Waals surface area contributed by atoms with E-state index in [1.54, 1.807) is 0 Å². The van der Waals surface area contributed by atoms with E-state index in [-0.39, 0.29) is 11.7 Å². The molecule has 1 heterocycles. The maximum atomic E-state index is 12.3. The van der Waals surface area contributed by atoms with E-state index in [1.165, 1.54) is 11.8 Å². The number of hydrogen-bond acceptors (Lipinski definition) is 4. The molecule has 7 heteroatoms. The molecule has 2 aromatic carbocycles. The predicted molar refractivity (Wildman–Crippen MR) is 107 cm³/mol. The van der Waals surface area contributed by atoms with Gasteiger partial charge in [-0.3, -0.25) is 9.36 Å². The Bertz CT molecular complexity index is 940. The lowest BCUT2D eigenvalue weighted by molar-refractivity contribution is -0.118. The molecule has 3 aromatic rings. The van der Waals surface area contributed by atoms with Crippen molar-refractivity contribution < 1.29 is 4.79 Å². The number of para-hydroxylation sites is 1. The van der Waals surface area contributed by atoms with Gasteiger partial charge in [0.15, 0.2) is 5.16 Å². The van der Waals surface area contributed by atoms with Crippen molar-refractivity contribution in [3.05, 3.63) is 71.0 Å². The molecule has 27 heavy (non-hydrogen) atoms. The number of carbonyl (C=O) groups excluding carboxylic acids is 1. The smallest absolute Gasteiger partial charge is 0.230 e. The van der Waals surface area contributed by atoms with E-state index >= 15 is 0 Å². The zero-order valence-electron chi connectivity index (χ0n) is 14.6. The minimum absolute atomic E-state index is 0.0458. The molecule has 0 saturated heterocycles. The number of aromatic nitrogens is 3. The Labute approximate surface area is 167 Å². The summed E-state index contributed by atoms with van der Waals surface area (Å²) in [4.78, 5) is 12.3. The van der Waals surface area contributed by atoms with Crippen LogP contribution >= 0.6 is 23.4 Å². The third-order valence-corrected chi connectivity index (χ3v) is 5.49. The molecular weight excluding hydrogens is 380 g/mol. The molecule has 1 aliphatic carbocycles. The first-order chi connectivity index (χ1) is 13.2. The molecule has 1 aliphatic rings. The Hall–Kier alpha value is -2.31. The van der Waals surface area contributed by atoms with Crippen LogP contribution < -0.4 is 5.32 Å². The van der Waals surface area contributed by atoms with Crippen LogP contribution in [0, 0.1) is 0 Å². The standard InChI is InChI=1S/C20H19ClN4OS/c21-16-6-4-5-14(11-16)12-22-18(26)13-27-20-24-23-19(15-9-10-15)25(20)17-7-2-1-3-8-17/h1-8,11,15H,9-10,12-13H2,(H,22,26). The highest BCUT2D eigenvalue weighted by Crippen LogP contribution is 2.41. The van der Waals surface area contributed by atoms with Gasteiger partial charge in [0.25, 0.3) is 0 Å². The second kappa shape index (κ2) is 8.15. The Morgan fingerprint density at radius 2 is 1.96 bits per heavy atom. The molecule has 1 fully saturated rings. The van der Waals surface area contributed by atoms with Crippen LogP contribution in [0.3, 0.4) is 0 Å². The van der Waals surface area contributed by atoms with Gasteiger partial charge in [-0.25, -0.2) is 0 Å². The number of halogens is 1. The fourth-order valence-corrected chi connectivity index (χ4v) is 3.83. The van der Waals surface area contributed by atoms with Crippen LogP contribution in [0.5, 0.6) is 0 Å². The molecule has 1 aromatic heterocycles. The van der Waals surface area contributed by atoms with Crippen LogP contribution in [-0.2, 0) is 11.3 Å². The minimum Gasteiger partial charge on any atom is -0.351 e. The van der Waals surface area contributed by atoms with E-state index in [1.807, 2.05) is 54.6 Å². The topological polar surface area (TPSA) is 59.8 Å². The fourth-order valence-electron chi connectivity index (χ4n) is 2.83. The lowest BCUT2D eigenvalue weighted by Gasteiger charge is -2.10. The van der Waals surface area contributed by atoms with Crippen LogP contribution in [0.25, 0.3) is 5.69 Å². The summed E-state index contributed by atoms with van der Waals surface area (Å²) in [5.41, 5.74) is 2.01. The van der Waals surface area contributed by atoms with Crippen molar-refractivity contribution in [3.63, 3.8) is 0 Å². The van der Waals surface area contributed by atoms with E-state index in [4.69, 9.17) is 11.6 Å². The number of rotatable bonds is 7. The van der Waals surface area contributed by atoms with Crippen molar-refractivity contribution in [2.45, 2.75) is 30.5 Å². The Morgan fingerprint density at radius 1 is 1.15 bits per heavy atom. The van der Waals surface area contributed by atoms with Gasteiger partial charge in [0.05, 0.1) is 5.75 Å². The maximum Gasteiger partial charge on any atom is 0.230 e. The molecule has 1 N–H and O–H groups in total. The van der Waals surface area contributed by atoms with E-state index < -0.39 is 0 Å². The molecule has 1 amide bonds. The van der Waals surface area contributed by atoms with E-state index in [0.717, 1.165) is 35.1 Å². The normalized spacial score (nSPS) is 13.5. The first kappa shape index (κ1) is 18.1. The zero-order valence-corrected chi connectivity index (χ0v) is 16.2. The summed E-state index contributed by atoms with van der Waals surface area (Å²) in [6.07, 6.45) is 2.30.